The van der Waals surface area contributed by atoms with Crippen molar-refractivity contribution in [3.8, 4) is 0 Å². The Morgan fingerprint density at radius 3 is 2.86 bits per heavy atom. The second-order valence-corrected chi connectivity index (χ2v) is 10.2. The molecule has 5 heterocycles. The number of nitrogens with zero attached hydrogens (tertiary/aromatic N) is 6. The Bertz CT molecular complexity index is 1430. The Balaban J connectivity index is 1.54. The van der Waals surface area contributed by atoms with Crippen molar-refractivity contribution in [2.24, 2.45) is 0 Å². The van der Waals surface area contributed by atoms with Gasteiger partial charge in [0.25, 0.3) is 11.5 Å². The van der Waals surface area contributed by atoms with E-state index in [2.05, 4.69) is 26.7 Å². The Morgan fingerprint density at radius 1 is 1.14 bits per heavy atom. The van der Waals surface area contributed by atoms with Gasteiger partial charge in [-0.05, 0) is 69.5 Å². The number of carbonyl (C=O) groups is 1. The van der Waals surface area contributed by atoms with Gasteiger partial charge in [0.2, 0.25) is 5.95 Å². The van der Waals surface area contributed by atoms with Crippen molar-refractivity contribution in [3.63, 3.8) is 0 Å². The zero-order chi connectivity index (χ0) is 25.5. The van der Waals surface area contributed by atoms with Gasteiger partial charge in [-0.2, -0.15) is 4.98 Å². The molecule has 0 spiro atoms. The van der Waals surface area contributed by atoms with Crippen LogP contribution in [0.2, 0.25) is 0 Å². The van der Waals surface area contributed by atoms with Crippen LogP contribution < -0.4 is 20.7 Å². The molecule has 3 aliphatic rings. The molecule has 1 fully saturated rings. The number of piperidine rings is 1. The number of hydrogen-bond acceptors (Lipinski definition) is 7. The molecule has 1 saturated heterocycles. The summed E-state index contributed by atoms with van der Waals surface area (Å²) >= 11 is 0. The van der Waals surface area contributed by atoms with Gasteiger partial charge in [-0.15, -0.1) is 0 Å². The average Bonchev–Trinajstić information content (AvgIpc) is 2.91. The summed E-state index contributed by atoms with van der Waals surface area (Å²) in [5.41, 5.74) is 3.89. The van der Waals surface area contributed by atoms with E-state index in [-0.39, 0.29) is 17.5 Å². The van der Waals surface area contributed by atoms with Gasteiger partial charge in [-0.25, -0.2) is 4.98 Å². The Morgan fingerprint density at radius 2 is 2.00 bits per heavy atom. The third-order valence-corrected chi connectivity index (χ3v) is 7.84. The van der Waals surface area contributed by atoms with Crippen LogP contribution in [0.15, 0.2) is 47.9 Å². The zero-order valence-corrected chi connectivity index (χ0v) is 21.3. The van der Waals surface area contributed by atoms with E-state index in [0.29, 0.717) is 30.4 Å². The monoisotopic (exact) mass is 499 g/mol. The first kappa shape index (κ1) is 23.7. The highest BCUT2D eigenvalue weighted by Gasteiger charge is 2.32. The van der Waals surface area contributed by atoms with E-state index in [0.717, 1.165) is 74.2 Å². The number of nitrogens with one attached hydrogen (secondary N) is 1. The molecule has 0 aliphatic carbocycles. The fraction of sp³-hybridized carbons (Fsp3) is 0.429. The van der Waals surface area contributed by atoms with Crippen LogP contribution >= 0.6 is 0 Å². The lowest BCUT2D eigenvalue weighted by Gasteiger charge is -2.39. The Kier molecular flexibility index (Phi) is 6.16. The highest BCUT2D eigenvalue weighted by atomic mass is 16.2. The summed E-state index contributed by atoms with van der Waals surface area (Å²) in [5.74, 6) is 0.433. The highest BCUT2D eigenvalue weighted by molar-refractivity contribution is 6.05. The van der Waals surface area contributed by atoms with Crippen molar-refractivity contribution in [1.29, 1.82) is 0 Å². The highest BCUT2D eigenvalue weighted by Crippen LogP contribution is 2.40. The number of anilines is 4. The minimum atomic E-state index is -0.136. The maximum Gasteiger partial charge on any atom is 0.276 e. The molecule has 6 rings (SSSR count). The molecule has 2 aromatic heterocycles. The van der Waals surface area contributed by atoms with Gasteiger partial charge in [0.15, 0.2) is 0 Å². The van der Waals surface area contributed by atoms with Crippen molar-refractivity contribution < 1.29 is 4.79 Å². The van der Waals surface area contributed by atoms with Gasteiger partial charge in [0, 0.05) is 37.8 Å². The first-order chi connectivity index (χ1) is 18.0. The Hall–Kier alpha value is -3.72. The van der Waals surface area contributed by atoms with Gasteiger partial charge < -0.3 is 20.0 Å². The van der Waals surface area contributed by atoms with Crippen LogP contribution in [-0.2, 0) is 4.79 Å². The minimum absolute atomic E-state index is 0.0444. The number of benzene rings is 1. The fourth-order valence-electron chi connectivity index (χ4n) is 6.05. The molecule has 3 aliphatic heterocycles. The predicted octanol–water partition coefficient (Wildman–Crippen LogP) is 3.61. The number of aryl methyl sites for hydroxylation is 1. The quantitative estimate of drug-likeness (QED) is 0.539. The number of rotatable bonds is 2. The number of fused-ring (bicyclic) bond motifs is 5. The standard InChI is InChI=1S/C28H33N7O2/c1-3-24(36)34-15-14-33(22-10-6-8-19(2)25(22)34)23-16-20-17-30-28-29-11-4-5-12-32-13-7-9-21(18-32)35(27(23)37)26(20)31-28/h3,6,8,10,16-17,21H,1,4-5,7,9,11-15,18H2,2H3,(H,29,30,31). The smallest absolute Gasteiger partial charge is 0.276 e. The van der Waals surface area contributed by atoms with E-state index in [1.54, 1.807) is 4.90 Å². The lowest BCUT2D eigenvalue weighted by molar-refractivity contribution is -0.114. The number of amides is 1. The van der Waals surface area contributed by atoms with E-state index < -0.39 is 0 Å². The Labute approximate surface area is 216 Å². The molecule has 1 aromatic carbocycles. The van der Waals surface area contributed by atoms with Crippen LogP contribution in [0.5, 0.6) is 0 Å². The minimum Gasteiger partial charge on any atom is -0.354 e. The molecule has 9 nitrogen and oxygen atoms in total. The summed E-state index contributed by atoms with van der Waals surface area (Å²) in [4.78, 5) is 42.7. The first-order valence-electron chi connectivity index (χ1n) is 13.2. The fourth-order valence-corrected chi connectivity index (χ4v) is 6.05. The molecule has 2 unspecified atom stereocenters. The number of pyridine rings is 1. The maximum absolute atomic E-state index is 14.4. The van der Waals surface area contributed by atoms with Crippen LogP contribution in [0.3, 0.4) is 0 Å². The largest absolute Gasteiger partial charge is 0.354 e. The molecule has 0 saturated carbocycles. The normalized spacial score (nSPS) is 21.5. The van der Waals surface area contributed by atoms with Crippen LogP contribution in [0.25, 0.3) is 11.0 Å². The summed E-state index contributed by atoms with van der Waals surface area (Å²) in [6.07, 6.45) is 7.34. The lowest BCUT2D eigenvalue weighted by atomic mass is 10.0. The lowest BCUT2D eigenvalue weighted by Crippen LogP contribution is -2.45. The molecule has 192 valence electrons. The molecule has 37 heavy (non-hydrogen) atoms. The summed E-state index contributed by atoms with van der Waals surface area (Å²) in [6, 6.07) is 7.92. The van der Waals surface area contributed by atoms with Gasteiger partial charge >= 0.3 is 0 Å². The number of carbonyl (C=O) groups excluding carboxylic acids is 1. The maximum atomic E-state index is 14.4. The van der Waals surface area contributed by atoms with Crippen molar-refractivity contribution in [1.82, 2.24) is 19.4 Å². The van der Waals surface area contributed by atoms with Gasteiger partial charge in [-0.1, -0.05) is 18.7 Å². The molecule has 9 heteroatoms. The second-order valence-electron chi connectivity index (χ2n) is 10.2. The van der Waals surface area contributed by atoms with Crippen molar-refractivity contribution in [2.45, 2.75) is 38.6 Å². The first-order valence-corrected chi connectivity index (χ1v) is 13.2. The van der Waals surface area contributed by atoms with Crippen molar-refractivity contribution >= 4 is 40.0 Å². The van der Waals surface area contributed by atoms with Crippen LogP contribution in [0.1, 0.15) is 37.3 Å². The average molecular weight is 500 g/mol. The van der Waals surface area contributed by atoms with E-state index in [4.69, 9.17) is 4.98 Å². The molecule has 3 aromatic rings. The molecular weight excluding hydrogens is 466 g/mol. The van der Waals surface area contributed by atoms with Gasteiger partial charge in [0.05, 0.1) is 17.4 Å². The summed E-state index contributed by atoms with van der Waals surface area (Å²) in [6.45, 7) is 10.4. The molecule has 2 atom stereocenters. The van der Waals surface area contributed by atoms with E-state index in [9.17, 15) is 9.59 Å². The van der Waals surface area contributed by atoms with E-state index in [1.165, 1.54) is 6.08 Å². The van der Waals surface area contributed by atoms with Crippen molar-refractivity contribution in [2.75, 3.05) is 54.4 Å². The van der Waals surface area contributed by atoms with Crippen LogP contribution in [0, 0.1) is 6.92 Å². The summed E-state index contributed by atoms with van der Waals surface area (Å²) in [7, 11) is 0. The molecule has 1 amide bonds. The number of para-hydroxylation sites is 1. The van der Waals surface area contributed by atoms with Gasteiger partial charge in [0.1, 0.15) is 11.3 Å². The van der Waals surface area contributed by atoms with Gasteiger partial charge in [-0.3, -0.25) is 14.2 Å². The molecular formula is C28H33N7O2. The topological polar surface area (TPSA) is 86.6 Å². The number of aromatic nitrogens is 3. The summed E-state index contributed by atoms with van der Waals surface area (Å²) < 4.78 is 1.92. The van der Waals surface area contributed by atoms with E-state index in [1.807, 2.05) is 42.0 Å². The third-order valence-electron chi connectivity index (χ3n) is 7.84. The van der Waals surface area contributed by atoms with E-state index >= 15 is 0 Å². The zero-order valence-electron chi connectivity index (χ0n) is 21.3. The van der Waals surface area contributed by atoms with Crippen LogP contribution in [0.4, 0.5) is 23.0 Å². The predicted molar refractivity (Wildman–Crippen MR) is 147 cm³/mol. The SMILES string of the molecule is C=CC(=O)N1CCN(c2cc3cnc4nc3n(c2=O)C2CCCN(CCCCN4)C2)c2cccc(C)c21. The number of hydrogen-bond donors (Lipinski definition) is 1. The second kappa shape index (κ2) is 9.63. The molecule has 0 radical (unpaired) electrons. The van der Waals surface area contributed by atoms with Crippen molar-refractivity contribution in [3.05, 3.63) is 59.0 Å². The molecule has 4 bridgehead atoms. The third kappa shape index (κ3) is 4.17. The molecule has 1 N–H and O–H groups in total. The van der Waals surface area contributed by atoms with Crippen LogP contribution in [-0.4, -0.2) is 64.6 Å². The summed E-state index contributed by atoms with van der Waals surface area (Å²) in [5, 5.41) is 4.18.